The van der Waals surface area contributed by atoms with Crippen LogP contribution in [-0.2, 0) is 20.8 Å². The molecule has 0 aromatic carbocycles. The smallest absolute Gasteiger partial charge is 0.394 e. The molecular formula is C18H26N8O10S3. The standard InChI is InChI=1S/C18H22N8O2S.2H2O4S/c1-25(15-13-3-4-19-14(13)20-9-21-15)12-5-10-7-26(8-11(10)6-12)18(27)23-17-22-16(28-2)24-29-17;2*1-5(2,3)4/h3-4,9-12H,5-8H2,1-2H3,(H,19,20,21)(H,22,23,24,27);2*(H2,1,2,3,4)/t10-,11+,12?;;. The number of likely N-dealkylation sites (tertiary alicyclic amines) is 1. The first-order valence-electron chi connectivity index (χ1n) is 11.0. The van der Waals surface area contributed by atoms with Crippen molar-refractivity contribution in [1.82, 2.24) is 29.2 Å². The number of rotatable bonds is 4. The molecular weight excluding hydrogens is 584 g/mol. The van der Waals surface area contributed by atoms with E-state index in [0.29, 0.717) is 23.0 Å². The summed E-state index contributed by atoms with van der Waals surface area (Å²) in [5, 5.41) is 4.33. The number of nitrogens with zero attached hydrogens (tertiary/aromatic N) is 6. The molecule has 18 nitrogen and oxygen atoms in total. The average molecular weight is 611 g/mol. The topological polar surface area (TPSA) is 261 Å². The monoisotopic (exact) mass is 610 g/mol. The van der Waals surface area contributed by atoms with Gasteiger partial charge in [-0.05, 0) is 30.7 Å². The summed E-state index contributed by atoms with van der Waals surface area (Å²) in [6.07, 6.45) is 5.60. The number of hydrogen-bond donors (Lipinski definition) is 6. The molecule has 216 valence electrons. The molecule has 2 fully saturated rings. The number of amides is 2. The van der Waals surface area contributed by atoms with Crippen LogP contribution in [0.5, 0.6) is 6.01 Å². The van der Waals surface area contributed by atoms with Crippen molar-refractivity contribution in [2.75, 3.05) is 37.5 Å². The highest BCUT2D eigenvalue weighted by molar-refractivity contribution is 7.80. The van der Waals surface area contributed by atoms with Crippen LogP contribution < -0.4 is 15.0 Å². The molecule has 3 aromatic heterocycles. The van der Waals surface area contributed by atoms with Crippen molar-refractivity contribution >= 4 is 60.3 Å². The average Bonchev–Trinajstić information content (AvgIpc) is 3.58. The number of fused-ring (bicyclic) bond motifs is 2. The molecule has 3 aromatic rings. The van der Waals surface area contributed by atoms with Gasteiger partial charge in [-0.2, -0.15) is 21.8 Å². The van der Waals surface area contributed by atoms with Crippen LogP contribution in [0, 0.1) is 11.8 Å². The van der Waals surface area contributed by atoms with E-state index in [4.69, 9.17) is 39.8 Å². The number of anilines is 2. The van der Waals surface area contributed by atoms with Crippen LogP contribution in [0.15, 0.2) is 18.6 Å². The first-order chi connectivity index (χ1) is 18.1. The molecule has 1 unspecified atom stereocenters. The Morgan fingerprint density at radius 3 is 2.26 bits per heavy atom. The fourth-order valence-electron chi connectivity index (χ4n) is 4.58. The summed E-state index contributed by atoms with van der Waals surface area (Å²) in [4.78, 5) is 32.8. The zero-order valence-electron chi connectivity index (χ0n) is 20.4. The molecule has 1 aliphatic carbocycles. The van der Waals surface area contributed by atoms with Gasteiger partial charge < -0.3 is 19.5 Å². The number of nitrogens with one attached hydrogen (secondary N) is 2. The molecule has 5 rings (SSSR count). The maximum absolute atomic E-state index is 12.6. The highest BCUT2D eigenvalue weighted by atomic mass is 32.3. The Kier molecular flexibility index (Phi) is 9.58. The van der Waals surface area contributed by atoms with E-state index in [1.807, 2.05) is 17.2 Å². The minimum absolute atomic E-state index is 0.118. The van der Waals surface area contributed by atoms with Crippen LogP contribution >= 0.6 is 11.5 Å². The van der Waals surface area contributed by atoms with Crippen molar-refractivity contribution in [2.45, 2.75) is 18.9 Å². The van der Waals surface area contributed by atoms with E-state index < -0.39 is 20.8 Å². The van der Waals surface area contributed by atoms with Gasteiger partial charge in [0.25, 0.3) is 0 Å². The predicted octanol–water partition coefficient (Wildman–Crippen LogP) is 0.891. The lowest BCUT2D eigenvalue weighted by molar-refractivity contribution is 0.218. The number of H-pyrrole nitrogens is 1. The summed E-state index contributed by atoms with van der Waals surface area (Å²) in [7, 11) is -5.72. The molecule has 3 atom stereocenters. The molecule has 2 aliphatic rings. The van der Waals surface area contributed by atoms with Crippen molar-refractivity contribution in [2.24, 2.45) is 11.8 Å². The second kappa shape index (κ2) is 12.3. The van der Waals surface area contributed by atoms with Crippen LogP contribution in [0.3, 0.4) is 0 Å². The summed E-state index contributed by atoms with van der Waals surface area (Å²) < 4.78 is 72.1. The van der Waals surface area contributed by atoms with Crippen LogP contribution in [0.4, 0.5) is 15.7 Å². The van der Waals surface area contributed by atoms with Gasteiger partial charge in [0.2, 0.25) is 5.13 Å². The van der Waals surface area contributed by atoms with E-state index in [1.165, 1.54) is 7.11 Å². The fraction of sp³-hybridized carbons (Fsp3) is 0.500. The number of ether oxygens (including phenoxy) is 1. The number of aromatic nitrogens is 5. The summed E-state index contributed by atoms with van der Waals surface area (Å²) in [5.41, 5.74) is 0.858. The van der Waals surface area contributed by atoms with Gasteiger partial charge in [0.05, 0.1) is 12.5 Å². The zero-order valence-corrected chi connectivity index (χ0v) is 22.9. The zero-order chi connectivity index (χ0) is 29.0. The number of methoxy groups -OCH3 is 1. The van der Waals surface area contributed by atoms with Crippen LogP contribution in [0.2, 0.25) is 0 Å². The maximum Gasteiger partial charge on any atom is 0.394 e. The lowest BCUT2D eigenvalue weighted by atomic mass is 10.0. The van der Waals surface area contributed by atoms with E-state index in [-0.39, 0.29) is 12.0 Å². The van der Waals surface area contributed by atoms with Gasteiger partial charge in [-0.1, -0.05) is 0 Å². The van der Waals surface area contributed by atoms with Gasteiger partial charge in [0.15, 0.2) is 0 Å². The maximum atomic E-state index is 12.6. The normalized spacial score (nSPS) is 20.4. The largest absolute Gasteiger partial charge is 0.466 e. The van der Waals surface area contributed by atoms with E-state index in [1.54, 1.807) is 6.33 Å². The second-order valence-electron chi connectivity index (χ2n) is 8.51. The van der Waals surface area contributed by atoms with Gasteiger partial charge in [-0.25, -0.2) is 14.8 Å². The highest BCUT2D eigenvalue weighted by Gasteiger charge is 2.44. The second-order valence-corrected chi connectivity index (χ2v) is 11.1. The molecule has 21 heteroatoms. The van der Waals surface area contributed by atoms with Crippen molar-refractivity contribution in [3.8, 4) is 6.01 Å². The number of aromatic amines is 1. The molecule has 6 N–H and O–H groups in total. The first-order valence-corrected chi connectivity index (χ1v) is 14.5. The van der Waals surface area contributed by atoms with Crippen molar-refractivity contribution < 1.29 is 44.6 Å². The molecule has 1 saturated heterocycles. The Bertz CT molecular complexity index is 1440. The quantitative estimate of drug-likeness (QED) is 0.224. The molecule has 1 saturated carbocycles. The molecule has 2 amide bonds. The van der Waals surface area contributed by atoms with Gasteiger partial charge in [-0.3, -0.25) is 23.5 Å². The van der Waals surface area contributed by atoms with Crippen molar-refractivity contribution in [1.29, 1.82) is 0 Å². The number of carbonyl (C=O) groups excluding carboxylic acids is 1. The SMILES string of the molecule is COc1nsc(NC(=O)N2C[C@H]3CC(N(C)c4ncnc5[nH]ccc45)C[C@H]3C2)n1.O=S(=O)(O)O.O=S(=O)(O)O. The molecule has 1 aliphatic heterocycles. The molecule has 0 spiro atoms. The van der Waals surface area contributed by atoms with E-state index in [2.05, 4.69) is 41.6 Å². The third-order valence-corrected chi connectivity index (χ3v) is 6.65. The van der Waals surface area contributed by atoms with E-state index in [9.17, 15) is 4.79 Å². The summed E-state index contributed by atoms with van der Waals surface area (Å²) >= 11 is 1.12. The van der Waals surface area contributed by atoms with Gasteiger partial charge in [0, 0.05) is 43.9 Å². The lowest BCUT2D eigenvalue weighted by Gasteiger charge is -2.27. The number of carbonyl (C=O) groups is 1. The first kappa shape index (κ1) is 30.3. The number of hydrogen-bond acceptors (Lipinski definition) is 12. The van der Waals surface area contributed by atoms with Gasteiger partial charge in [0.1, 0.15) is 17.8 Å². The minimum Gasteiger partial charge on any atom is -0.466 e. The van der Waals surface area contributed by atoms with Gasteiger partial charge >= 0.3 is 32.8 Å². The van der Waals surface area contributed by atoms with Crippen LogP contribution in [-0.4, -0.2) is 104 Å². The van der Waals surface area contributed by atoms with Crippen molar-refractivity contribution in [3.05, 3.63) is 18.6 Å². The van der Waals surface area contributed by atoms with Crippen molar-refractivity contribution in [3.63, 3.8) is 0 Å². The highest BCUT2D eigenvalue weighted by Crippen LogP contribution is 2.41. The van der Waals surface area contributed by atoms with E-state index in [0.717, 1.165) is 54.3 Å². The predicted molar refractivity (Wildman–Crippen MR) is 138 cm³/mol. The minimum atomic E-state index is -4.67. The fourth-order valence-corrected chi connectivity index (χ4v) is 5.11. The molecule has 0 bridgehead atoms. The molecule has 39 heavy (non-hydrogen) atoms. The third-order valence-electron chi connectivity index (χ3n) is 6.03. The van der Waals surface area contributed by atoms with Crippen LogP contribution in [0.1, 0.15) is 12.8 Å². The summed E-state index contributed by atoms with van der Waals surface area (Å²) in [6, 6.07) is 2.59. The number of urea groups is 1. The Morgan fingerprint density at radius 1 is 1.13 bits per heavy atom. The van der Waals surface area contributed by atoms with E-state index >= 15 is 0 Å². The van der Waals surface area contributed by atoms with Gasteiger partial charge in [-0.15, -0.1) is 4.37 Å². The Labute approximate surface area is 226 Å². The Hall–Kier alpha value is -3.21. The summed E-state index contributed by atoms with van der Waals surface area (Å²) in [5.74, 6) is 1.96. The van der Waals surface area contributed by atoms with Crippen LogP contribution in [0.25, 0.3) is 11.0 Å². The molecule has 0 radical (unpaired) electrons. The molecule has 4 heterocycles. The lowest BCUT2D eigenvalue weighted by Crippen LogP contribution is -2.36. The summed E-state index contributed by atoms with van der Waals surface area (Å²) in [6.45, 7) is 1.53. The Balaban J connectivity index is 0.000000362. The third kappa shape index (κ3) is 9.19. The Morgan fingerprint density at radius 2 is 1.72 bits per heavy atom.